The number of benzene rings is 2. The SMILES string of the molecule is Cc1ccc(C(=O)C=Cc2ccc(F)cc2)cc1C. The van der Waals surface area contributed by atoms with Crippen molar-refractivity contribution in [3.63, 3.8) is 0 Å². The van der Waals surface area contributed by atoms with Crippen LogP contribution in [0.5, 0.6) is 0 Å². The van der Waals surface area contributed by atoms with E-state index in [2.05, 4.69) is 0 Å². The number of aryl methyl sites for hydroxylation is 2. The lowest BCUT2D eigenvalue weighted by molar-refractivity contribution is 0.104. The largest absolute Gasteiger partial charge is 0.289 e. The number of carbonyl (C=O) groups excluding carboxylic acids is 1. The van der Waals surface area contributed by atoms with Gasteiger partial charge in [0.25, 0.3) is 0 Å². The minimum Gasteiger partial charge on any atom is -0.289 e. The van der Waals surface area contributed by atoms with Crippen LogP contribution >= 0.6 is 0 Å². The number of allylic oxidation sites excluding steroid dienone is 1. The van der Waals surface area contributed by atoms with Crippen molar-refractivity contribution in [2.75, 3.05) is 0 Å². The highest BCUT2D eigenvalue weighted by Crippen LogP contribution is 2.12. The molecule has 0 spiro atoms. The molecule has 0 heterocycles. The molecule has 19 heavy (non-hydrogen) atoms. The molecule has 2 rings (SSSR count). The lowest BCUT2D eigenvalue weighted by Crippen LogP contribution is -1.95. The summed E-state index contributed by atoms with van der Waals surface area (Å²) in [6.07, 6.45) is 3.20. The minimum atomic E-state index is -0.280. The first-order valence-electron chi connectivity index (χ1n) is 6.11. The first-order chi connectivity index (χ1) is 9.06. The van der Waals surface area contributed by atoms with Gasteiger partial charge in [-0.1, -0.05) is 30.3 Å². The van der Waals surface area contributed by atoms with E-state index in [-0.39, 0.29) is 11.6 Å². The van der Waals surface area contributed by atoms with Crippen LogP contribution in [0.15, 0.2) is 48.5 Å². The molecule has 0 fully saturated rings. The highest BCUT2D eigenvalue weighted by atomic mass is 19.1. The van der Waals surface area contributed by atoms with E-state index in [1.54, 1.807) is 18.2 Å². The van der Waals surface area contributed by atoms with Gasteiger partial charge >= 0.3 is 0 Å². The third-order valence-electron chi connectivity index (χ3n) is 3.09. The molecular weight excluding hydrogens is 239 g/mol. The molecule has 0 saturated carbocycles. The molecule has 0 bridgehead atoms. The average molecular weight is 254 g/mol. The molecule has 0 amide bonds. The van der Waals surface area contributed by atoms with E-state index in [1.165, 1.54) is 23.8 Å². The van der Waals surface area contributed by atoms with Crippen LogP contribution in [-0.2, 0) is 0 Å². The Morgan fingerprint density at radius 1 is 1.00 bits per heavy atom. The average Bonchev–Trinajstić information content (AvgIpc) is 2.41. The quantitative estimate of drug-likeness (QED) is 0.588. The molecule has 0 aliphatic rings. The van der Waals surface area contributed by atoms with Crippen molar-refractivity contribution >= 4 is 11.9 Å². The van der Waals surface area contributed by atoms with Crippen LogP contribution in [0.2, 0.25) is 0 Å². The normalized spacial score (nSPS) is 10.9. The minimum absolute atomic E-state index is 0.0487. The molecule has 0 unspecified atom stereocenters. The summed E-state index contributed by atoms with van der Waals surface area (Å²) < 4.78 is 12.7. The van der Waals surface area contributed by atoms with Gasteiger partial charge in [0.2, 0.25) is 0 Å². The molecular formula is C17H15FO. The van der Waals surface area contributed by atoms with Crippen LogP contribution in [0.4, 0.5) is 4.39 Å². The van der Waals surface area contributed by atoms with Gasteiger partial charge < -0.3 is 0 Å². The number of hydrogen-bond donors (Lipinski definition) is 0. The van der Waals surface area contributed by atoms with Gasteiger partial charge in [0.15, 0.2) is 5.78 Å². The van der Waals surface area contributed by atoms with Gasteiger partial charge in [-0.2, -0.15) is 0 Å². The van der Waals surface area contributed by atoms with E-state index in [0.717, 1.165) is 11.1 Å². The smallest absolute Gasteiger partial charge is 0.185 e. The Morgan fingerprint density at radius 2 is 1.68 bits per heavy atom. The predicted molar refractivity (Wildman–Crippen MR) is 75.7 cm³/mol. The summed E-state index contributed by atoms with van der Waals surface area (Å²) in [6, 6.07) is 11.7. The summed E-state index contributed by atoms with van der Waals surface area (Å²) in [5.74, 6) is -0.329. The summed E-state index contributed by atoms with van der Waals surface area (Å²) in [7, 11) is 0. The molecule has 0 N–H and O–H groups in total. The molecule has 1 nitrogen and oxygen atoms in total. The van der Waals surface area contributed by atoms with Crippen molar-refractivity contribution in [1.29, 1.82) is 0 Å². The lowest BCUT2D eigenvalue weighted by Gasteiger charge is -2.01. The van der Waals surface area contributed by atoms with Crippen LogP contribution < -0.4 is 0 Å². The Labute approximate surface area is 112 Å². The Hall–Kier alpha value is -2.22. The summed E-state index contributed by atoms with van der Waals surface area (Å²) in [6.45, 7) is 3.99. The van der Waals surface area contributed by atoms with Gasteiger partial charge in [-0.25, -0.2) is 4.39 Å². The molecule has 0 aliphatic carbocycles. The van der Waals surface area contributed by atoms with Gasteiger partial charge in [-0.05, 0) is 54.8 Å². The zero-order chi connectivity index (χ0) is 13.8. The Morgan fingerprint density at radius 3 is 2.32 bits per heavy atom. The van der Waals surface area contributed by atoms with Crippen LogP contribution in [0.1, 0.15) is 27.0 Å². The molecule has 0 atom stereocenters. The molecule has 2 heteroatoms. The number of halogens is 1. The van der Waals surface area contributed by atoms with E-state index in [9.17, 15) is 9.18 Å². The lowest BCUT2D eigenvalue weighted by atomic mass is 10.0. The molecule has 2 aromatic carbocycles. The van der Waals surface area contributed by atoms with E-state index < -0.39 is 0 Å². The second kappa shape index (κ2) is 5.61. The van der Waals surface area contributed by atoms with Crippen molar-refractivity contribution in [3.8, 4) is 0 Å². The molecule has 0 aliphatic heterocycles. The molecule has 0 radical (unpaired) electrons. The Balaban J connectivity index is 2.16. The predicted octanol–water partition coefficient (Wildman–Crippen LogP) is 4.34. The molecule has 96 valence electrons. The number of rotatable bonds is 3. The van der Waals surface area contributed by atoms with Gasteiger partial charge in [-0.3, -0.25) is 4.79 Å². The first kappa shape index (κ1) is 13.2. The Bertz CT molecular complexity index is 624. The maximum atomic E-state index is 12.7. The molecule has 2 aromatic rings. The maximum absolute atomic E-state index is 12.7. The number of ketones is 1. The van der Waals surface area contributed by atoms with Gasteiger partial charge in [0.1, 0.15) is 5.82 Å². The summed E-state index contributed by atoms with van der Waals surface area (Å²) >= 11 is 0. The topological polar surface area (TPSA) is 17.1 Å². The van der Waals surface area contributed by atoms with E-state index in [4.69, 9.17) is 0 Å². The zero-order valence-electron chi connectivity index (χ0n) is 11.0. The third kappa shape index (κ3) is 3.38. The van der Waals surface area contributed by atoms with E-state index in [0.29, 0.717) is 5.56 Å². The second-order valence-electron chi connectivity index (χ2n) is 4.55. The van der Waals surface area contributed by atoms with Crippen LogP contribution in [-0.4, -0.2) is 5.78 Å². The van der Waals surface area contributed by atoms with E-state index >= 15 is 0 Å². The molecule has 0 saturated heterocycles. The summed E-state index contributed by atoms with van der Waals surface area (Å²) in [5, 5.41) is 0. The van der Waals surface area contributed by atoms with Crippen molar-refractivity contribution in [2.45, 2.75) is 13.8 Å². The maximum Gasteiger partial charge on any atom is 0.185 e. The van der Waals surface area contributed by atoms with E-state index in [1.807, 2.05) is 32.0 Å². The first-order valence-corrected chi connectivity index (χ1v) is 6.11. The number of hydrogen-bond acceptors (Lipinski definition) is 1. The van der Waals surface area contributed by atoms with Crippen molar-refractivity contribution < 1.29 is 9.18 Å². The van der Waals surface area contributed by atoms with Crippen LogP contribution in [0.25, 0.3) is 6.08 Å². The summed E-state index contributed by atoms with van der Waals surface area (Å²) in [4.78, 5) is 12.0. The van der Waals surface area contributed by atoms with Gasteiger partial charge in [-0.15, -0.1) is 0 Å². The second-order valence-corrected chi connectivity index (χ2v) is 4.55. The monoisotopic (exact) mass is 254 g/mol. The van der Waals surface area contributed by atoms with Crippen LogP contribution in [0.3, 0.4) is 0 Å². The third-order valence-corrected chi connectivity index (χ3v) is 3.09. The van der Waals surface area contributed by atoms with Gasteiger partial charge in [0.05, 0.1) is 0 Å². The molecule has 0 aromatic heterocycles. The highest BCUT2D eigenvalue weighted by Gasteiger charge is 2.03. The zero-order valence-corrected chi connectivity index (χ0v) is 11.0. The Kier molecular flexibility index (Phi) is 3.91. The van der Waals surface area contributed by atoms with Gasteiger partial charge in [0, 0.05) is 5.56 Å². The van der Waals surface area contributed by atoms with Crippen molar-refractivity contribution in [2.24, 2.45) is 0 Å². The van der Waals surface area contributed by atoms with Crippen molar-refractivity contribution in [3.05, 3.63) is 76.6 Å². The standard InChI is InChI=1S/C17H15FO/c1-12-3-7-15(11-13(12)2)17(19)10-6-14-4-8-16(18)9-5-14/h3-11H,1-2H3. The highest BCUT2D eigenvalue weighted by molar-refractivity contribution is 6.06. The fourth-order valence-electron chi connectivity index (χ4n) is 1.74. The fourth-order valence-corrected chi connectivity index (χ4v) is 1.74. The number of carbonyl (C=O) groups is 1. The van der Waals surface area contributed by atoms with Crippen LogP contribution in [0, 0.1) is 19.7 Å². The van der Waals surface area contributed by atoms with Crippen molar-refractivity contribution in [1.82, 2.24) is 0 Å². The summed E-state index contributed by atoms with van der Waals surface area (Å²) in [5.41, 5.74) is 3.74. The fraction of sp³-hybridized carbons (Fsp3) is 0.118.